The lowest BCUT2D eigenvalue weighted by Gasteiger charge is -2.34. The second-order valence-corrected chi connectivity index (χ2v) is 10.8. The van der Waals surface area contributed by atoms with Crippen LogP contribution in [-0.2, 0) is 4.79 Å². The van der Waals surface area contributed by atoms with Crippen molar-refractivity contribution in [1.82, 2.24) is 14.5 Å². The standard InChI is InChI=1S/C27H34ClN3O2/c1-17(2)16-30(24(32)15-27(5,6)7)19(4)25-29-22-11-9-8-10-21(22)26(33)31(25)23-13-12-20(28)14-18(23)3/h8-14,17,19H,15-16H2,1-7H3. The molecule has 1 heterocycles. The third kappa shape index (κ3) is 5.64. The fraction of sp³-hybridized carbons (Fsp3) is 0.444. The molecule has 1 aromatic heterocycles. The number of benzene rings is 2. The zero-order chi connectivity index (χ0) is 24.5. The van der Waals surface area contributed by atoms with Crippen LogP contribution >= 0.6 is 11.6 Å². The smallest absolute Gasteiger partial charge is 0.266 e. The molecular weight excluding hydrogens is 434 g/mol. The number of carbonyl (C=O) groups excluding carboxylic acids is 1. The van der Waals surface area contributed by atoms with Gasteiger partial charge >= 0.3 is 0 Å². The van der Waals surface area contributed by atoms with Gasteiger partial charge in [-0.1, -0.05) is 58.4 Å². The van der Waals surface area contributed by atoms with Gasteiger partial charge < -0.3 is 4.90 Å². The highest BCUT2D eigenvalue weighted by atomic mass is 35.5. The lowest BCUT2D eigenvalue weighted by Crippen LogP contribution is -2.40. The summed E-state index contributed by atoms with van der Waals surface area (Å²) >= 11 is 6.20. The van der Waals surface area contributed by atoms with Gasteiger partial charge in [-0.25, -0.2) is 4.98 Å². The normalized spacial score (nSPS) is 12.9. The molecule has 1 amide bonds. The molecule has 0 spiro atoms. The van der Waals surface area contributed by atoms with Crippen LogP contribution in [0.4, 0.5) is 0 Å². The van der Waals surface area contributed by atoms with E-state index in [1.165, 1.54) is 0 Å². The highest BCUT2D eigenvalue weighted by Crippen LogP contribution is 2.29. The number of halogens is 1. The molecule has 0 aliphatic rings. The molecule has 3 aromatic rings. The minimum atomic E-state index is -0.394. The number of fused-ring (bicyclic) bond motifs is 1. The van der Waals surface area contributed by atoms with Gasteiger partial charge in [-0.15, -0.1) is 0 Å². The SMILES string of the molecule is Cc1cc(Cl)ccc1-n1c(C(C)N(CC(C)C)C(=O)CC(C)(C)C)nc2ccccc2c1=O. The van der Waals surface area contributed by atoms with Gasteiger partial charge in [-0.3, -0.25) is 14.2 Å². The monoisotopic (exact) mass is 467 g/mol. The average Bonchev–Trinajstić information content (AvgIpc) is 2.71. The largest absolute Gasteiger partial charge is 0.333 e. The van der Waals surface area contributed by atoms with Gasteiger partial charge in [0.1, 0.15) is 5.82 Å². The molecule has 0 aliphatic carbocycles. The first-order valence-electron chi connectivity index (χ1n) is 11.5. The summed E-state index contributed by atoms with van der Waals surface area (Å²) in [6.45, 7) is 14.8. The molecule has 0 saturated carbocycles. The first-order valence-corrected chi connectivity index (χ1v) is 11.8. The summed E-state index contributed by atoms with van der Waals surface area (Å²) < 4.78 is 1.65. The van der Waals surface area contributed by atoms with Crippen molar-refractivity contribution in [2.45, 2.75) is 60.9 Å². The van der Waals surface area contributed by atoms with E-state index >= 15 is 0 Å². The number of amides is 1. The molecule has 2 aromatic carbocycles. The van der Waals surface area contributed by atoms with E-state index in [0.29, 0.717) is 34.7 Å². The molecule has 3 rings (SSSR count). The Labute approximate surface area is 201 Å². The van der Waals surface area contributed by atoms with E-state index in [-0.39, 0.29) is 22.8 Å². The van der Waals surface area contributed by atoms with Crippen molar-refractivity contribution in [3.63, 3.8) is 0 Å². The van der Waals surface area contributed by atoms with Gasteiger partial charge in [0.05, 0.1) is 22.6 Å². The number of carbonyl (C=O) groups is 1. The summed E-state index contributed by atoms with van der Waals surface area (Å²) in [5, 5.41) is 1.15. The third-order valence-corrected chi connectivity index (χ3v) is 5.84. The van der Waals surface area contributed by atoms with Crippen molar-refractivity contribution in [3.8, 4) is 5.69 Å². The molecule has 1 atom stereocenters. The molecule has 33 heavy (non-hydrogen) atoms. The van der Waals surface area contributed by atoms with Crippen LogP contribution in [0, 0.1) is 18.3 Å². The Bertz CT molecular complexity index is 1220. The Balaban J connectivity index is 2.26. The molecule has 0 radical (unpaired) electrons. The lowest BCUT2D eigenvalue weighted by molar-refractivity contribution is -0.136. The van der Waals surface area contributed by atoms with Crippen LogP contribution < -0.4 is 5.56 Å². The van der Waals surface area contributed by atoms with Crippen molar-refractivity contribution < 1.29 is 4.79 Å². The summed E-state index contributed by atoms with van der Waals surface area (Å²) in [7, 11) is 0. The van der Waals surface area contributed by atoms with Crippen molar-refractivity contribution in [3.05, 3.63) is 69.2 Å². The van der Waals surface area contributed by atoms with Gasteiger partial charge in [-0.05, 0) is 61.1 Å². The summed E-state index contributed by atoms with van der Waals surface area (Å²) in [4.78, 5) is 33.9. The number of nitrogens with zero attached hydrogens (tertiary/aromatic N) is 3. The predicted molar refractivity (Wildman–Crippen MR) is 136 cm³/mol. The Morgan fingerprint density at radius 2 is 1.79 bits per heavy atom. The van der Waals surface area contributed by atoms with Crippen LogP contribution in [0.25, 0.3) is 16.6 Å². The molecule has 0 N–H and O–H groups in total. The van der Waals surface area contributed by atoms with Crippen LogP contribution in [0.15, 0.2) is 47.3 Å². The number of aromatic nitrogens is 2. The third-order valence-electron chi connectivity index (χ3n) is 5.61. The van der Waals surface area contributed by atoms with E-state index in [1.54, 1.807) is 16.7 Å². The van der Waals surface area contributed by atoms with Gasteiger partial charge in [0.2, 0.25) is 5.91 Å². The topological polar surface area (TPSA) is 55.2 Å². The lowest BCUT2D eigenvalue weighted by atomic mass is 9.91. The van der Waals surface area contributed by atoms with Crippen molar-refractivity contribution >= 4 is 28.4 Å². The zero-order valence-corrected chi connectivity index (χ0v) is 21.4. The fourth-order valence-electron chi connectivity index (χ4n) is 4.10. The quantitative estimate of drug-likeness (QED) is 0.425. The molecular formula is C27H34ClN3O2. The van der Waals surface area contributed by atoms with E-state index in [4.69, 9.17) is 16.6 Å². The molecule has 5 nitrogen and oxygen atoms in total. The van der Waals surface area contributed by atoms with E-state index in [9.17, 15) is 9.59 Å². The minimum Gasteiger partial charge on any atom is -0.333 e. The predicted octanol–water partition coefficient (Wildman–Crippen LogP) is 6.33. The first kappa shape index (κ1) is 25.0. The van der Waals surface area contributed by atoms with Crippen molar-refractivity contribution in [1.29, 1.82) is 0 Å². The molecule has 1 unspecified atom stereocenters. The average molecular weight is 468 g/mol. The highest BCUT2D eigenvalue weighted by Gasteiger charge is 2.30. The molecule has 0 aliphatic heterocycles. The fourth-order valence-corrected chi connectivity index (χ4v) is 4.32. The van der Waals surface area contributed by atoms with Crippen LogP contribution in [0.1, 0.15) is 65.4 Å². The number of hydrogen-bond donors (Lipinski definition) is 0. The highest BCUT2D eigenvalue weighted by molar-refractivity contribution is 6.30. The Morgan fingerprint density at radius 3 is 2.39 bits per heavy atom. The number of hydrogen-bond acceptors (Lipinski definition) is 3. The van der Waals surface area contributed by atoms with Gasteiger partial charge in [0, 0.05) is 18.0 Å². The summed E-state index contributed by atoms with van der Waals surface area (Å²) in [5.41, 5.74) is 1.92. The summed E-state index contributed by atoms with van der Waals surface area (Å²) in [6.07, 6.45) is 0.418. The number of aryl methyl sites for hydroxylation is 1. The zero-order valence-electron chi connectivity index (χ0n) is 20.6. The molecule has 0 fully saturated rings. The summed E-state index contributed by atoms with van der Waals surface area (Å²) in [5.74, 6) is 0.881. The van der Waals surface area contributed by atoms with Crippen LogP contribution in [-0.4, -0.2) is 26.9 Å². The molecule has 0 bridgehead atoms. The minimum absolute atomic E-state index is 0.0606. The molecule has 6 heteroatoms. The molecule has 176 valence electrons. The molecule has 0 saturated heterocycles. The maximum atomic E-state index is 13.7. The van der Waals surface area contributed by atoms with Crippen molar-refractivity contribution in [2.24, 2.45) is 11.3 Å². The number of rotatable bonds is 6. The maximum absolute atomic E-state index is 13.7. The van der Waals surface area contributed by atoms with Gasteiger partial charge in [-0.2, -0.15) is 0 Å². The van der Waals surface area contributed by atoms with E-state index in [0.717, 1.165) is 11.3 Å². The number of para-hydroxylation sites is 1. The second-order valence-electron chi connectivity index (χ2n) is 10.4. The van der Waals surface area contributed by atoms with Gasteiger partial charge in [0.25, 0.3) is 5.56 Å². The van der Waals surface area contributed by atoms with Crippen LogP contribution in [0.3, 0.4) is 0 Å². The Hall–Kier alpha value is -2.66. The van der Waals surface area contributed by atoms with E-state index in [2.05, 4.69) is 34.6 Å². The Morgan fingerprint density at radius 1 is 1.12 bits per heavy atom. The summed E-state index contributed by atoms with van der Waals surface area (Å²) in [6, 6.07) is 12.4. The van der Waals surface area contributed by atoms with Crippen LogP contribution in [0.2, 0.25) is 5.02 Å². The van der Waals surface area contributed by atoms with Crippen molar-refractivity contribution in [2.75, 3.05) is 6.54 Å². The van der Waals surface area contributed by atoms with Gasteiger partial charge in [0.15, 0.2) is 0 Å². The van der Waals surface area contributed by atoms with E-state index < -0.39 is 6.04 Å². The maximum Gasteiger partial charge on any atom is 0.266 e. The second kappa shape index (κ2) is 9.68. The van der Waals surface area contributed by atoms with E-state index in [1.807, 2.05) is 49.1 Å². The van der Waals surface area contributed by atoms with Crippen LogP contribution in [0.5, 0.6) is 0 Å². The Kier molecular flexibility index (Phi) is 7.32. The first-order chi connectivity index (χ1) is 15.4.